The minimum absolute atomic E-state index is 0.392. The maximum atomic E-state index is 3.87. The molecule has 1 aliphatic heterocycles. The summed E-state index contributed by atoms with van der Waals surface area (Å²) in [5, 5.41) is 3.87. The highest BCUT2D eigenvalue weighted by Crippen LogP contribution is 2.38. The molecule has 1 heterocycles. The zero-order valence-electron chi connectivity index (χ0n) is 14.5. The molecule has 0 radical (unpaired) electrons. The Hall–Kier alpha value is -1.64. The van der Waals surface area contributed by atoms with Gasteiger partial charge in [0, 0.05) is 31.2 Å². The lowest BCUT2D eigenvalue weighted by atomic mass is 9.89. The Balaban J connectivity index is 1.50. The topological polar surface area (TPSA) is 15.3 Å². The summed E-state index contributed by atoms with van der Waals surface area (Å²) in [6.45, 7) is 3.40. The van der Waals surface area contributed by atoms with Crippen LogP contribution in [0, 0.1) is 0 Å². The van der Waals surface area contributed by atoms with Gasteiger partial charge in [0.2, 0.25) is 0 Å². The van der Waals surface area contributed by atoms with Gasteiger partial charge in [-0.15, -0.1) is 0 Å². The van der Waals surface area contributed by atoms with Crippen LogP contribution in [0.2, 0.25) is 0 Å². The Morgan fingerprint density at radius 2 is 1.50 bits per heavy atom. The van der Waals surface area contributed by atoms with E-state index in [2.05, 4.69) is 70.9 Å². The van der Waals surface area contributed by atoms with Crippen molar-refractivity contribution in [1.82, 2.24) is 10.2 Å². The third-order valence-corrected chi connectivity index (χ3v) is 5.91. The predicted molar refractivity (Wildman–Crippen MR) is 100.0 cm³/mol. The molecule has 2 aromatic carbocycles. The van der Waals surface area contributed by atoms with Crippen molar-refractivity contribution >= 4 is 0 Å². The van der Waals surface area contributed by atoms with Crippen molar-refractivity contribution in [1.29, 1.82) is 0 Å². The van der Waals surface area contributed by atoms with Crippen LogP contribution < -0.4 is 5.32 Å². The lowest BCUT2D eigenvalue weighted by molar-refractivity contribution is 0.0357. The van der Waals surface area contributed by atoms with Crippen LogP contribution >= 0.6 is 0 Å². The van der Waals surface area contributed by atoms with Crippen LogP contribution in [0.1, 0.15) is 36.8 Å². The molecule has 0 bridgehead atoms. The van der Waals surface area contributed by atoms with E-state index >= 15 is 0 Å². The predicted octanol–water partition coefficient (Wildman–Crippen LogP) is 4.02. The fourth-order valence-corrected chi connectivity index (χ4v) is 4.57. The molecule has 2 nitrogen and oxygen atoms in total. The van der Waals surface area contributed by atoms with E-state index < -0.39 is 0 Å². The summed E-state index contributed by atoms with van der Waals surface area (Å²) in [5.41, 5.74) is 3.28. The van der Waals surface area contributed by atoms with Gasteiger partial charge in [-0.1, -0.05) is 73.5 Å². The minimum Gasteiger partial charge on any atom is -0.311 e. The van der Waals surface area contributed by atoms with Gasteiger partial charge >= 0.3 is 0 Å². The van der Waals surface area contributed by atoms with Crippen LogP contribution in [0.15, 0.2) is 60.7 Å². The maximum absolute atomic E-state index is 3.87. The molecule has 1 aliphatic carbocycles. The van der Waals surface area contributed by atoms with E-state index in [0.29, 0.717) is 11.6 Å². The number of rotatable bonds is 4. The largest absolute Gasteiger partial charge is 0.311 e. The van der Waals surface area contributed by atoms with E-state index in [-0.39, 0.29) is 0 Å². The summed E-state index contributed by atoms with van der Waals surface area (Å²) in [7, 11) is 0. The lowest BCUT2D eigenvalue weighted by Gasteiger charge is -2.48. The zero-order valence-corrected chi connectivity index (χ0v) is 14.5. The van der Waals surface area contributed by atoms with Gasteiger partial charge in [0.15, 0.2) is 0 Å². The zero-order chi connectivity index (χ0) is 16.2. The molecule has 24 heavy (non-hydrogen) atoms. The van der Waals surface area contributed by atoms with E-state index in [0.717, 1.165) is 26.1 Å². The molecule has 2 aliphatic rings. The summed E-state index contributed by atoms with van der Waals surface area (Å²) in [6, 6.07) is 22.5. The van der Waals surface area contributed by atoms with Gasteiger partial charge < -0.3 is 5.32 Å². The minimum atomic E-state index is 0.392. The standard InChI is InChI=1S/C22H28N2/c1-3-9-19(10-4-1)15-21-17-24(16-20-11-5-2-6-12-20)22(18-23-21)13-7-8-14-22/h1-6,9-12,21,23H,7-8,13-18H2. The van der Waals surface area contributed by atoms with Crippen molar-refractivity contribution in [2.24, 2.45) is 0 Å². The lowest BCUT2D eigenvalue weighted by Crippen LogP contribution is -2.63. The average molecular weight is 320 g/mol. The van der Waals surface area contributed by atoms with Gasteiger partial charge in [-0.3, -0.25) is 4.90 Å². The third-order valence-electron chi connectivity index (χ3n) is 5.91. The van der Waals surface area contributed by atoms with E-state index in [1.165, 1.54) is 36.8 Å². The number of piperazine rings is 1. The first-order chi connectivity index (χ1) is 11.8. The normalized spacial score (nSPS) is 23.6. The van der Waals surface area contributed by atoms with Crippen LogP contribution in [0.25, 0.3) is 0 Å². The second kappa shape index (κ2) is 7.08. The first-order valence-electron chi connectivity index (χ1n) is 9.40. The SMILES string of the molecule is c1ccc(CC2CN(Cc3ccccc3)C3(CCCC3)CN2)cc1. The molecular formula is C22H28N2. The number of nitrogens with zero attached hydrogens (tertiary/aromatic N) is 1. The first-order valence-corrected chi connectivity index (χ1v) is 9.40. The Kier molecular flexibility index (Phi) is 4.68. The number of hydrogen-bond donors (Lipinski definition) is 1. The Bertz CT molecular complexity index is 632. The van der Waals surface area contributed by atoms with Crippen molar-refractivity contribution in [3.63, 3.8) is 0 Å². The van der Waals surface area contributed by atoms with Crippen LogP contribution in [0.4, 0.5) is 0 Å². The van der Waals surface area contributed by atoms with Crippen molar-refractivity contribution in [2.75, 3.05) is 13.1 Å². The molecule has 1 atom stereocenters. The molecule has 0 aromatic heterocycles. The molecule has 1 unspecified atom stereocenters. The van der Waals surface area contributed by atoms with Crippen molar-refractivity contribution in [2.45, 2.75) is 50.2 Å². The van der Waals surface area contributed by atoms with Crippen LogP contribution in [-0.2, 0) is 13.0 Å². The van der Waals surface area contributed by atoms with Gasteiger partial charge in [0.25, 0.3) is 0 Å². The molecular weight excluding hydrogens is 292 g/mol. The van der Waals surface area contributed by atoms with Crippen LogP contribution in [-0.4, -0.2) is 29.6 Å². The fraction of sp³-hybridized carbons (Fsp3) is 0.455. The molecule has 1 N–H and O–H groups in total. The third kappa shape index (κ3) is 3.40. The summed E-state index contributed by atoms with van der Waals surface area (Å²) in [5.74, 6) is 0. The quantitative estimate of drug-likeness (QED) is 0.915. The first kappa shape index (κ1) is 15.9. The summed E-state index contributed by atoms with van der Waals surface area (Å²) >= 11 is 0. The molecule has 1 spiro atoms. The molecule has 2 aromatic rings. The highest BCUT2D eigenvalue weighted by Gasteiger charge is 2.43. The van der Waals surface area contributed by atoms with E-state index in [1.54, 1.807) is 0 Å². The van der Waals surface area contributed by atoms with E-state index in [9.17, 15) is 0 Å². The van der Waals surface area contributed by atoms with Crippen LogP contribution in [0.3, 0.4) is 0 Å². The van der Waals surface area contributed by atoms with Gasteiger partial charge in [0.1, 0.15) is 0 Å². The summed E-state index contributed by atoms with van der Waals surface area (Å²) in [6.07, 6.45) is 6.60. The molecule has 1 saturated carbocycles. The fourth-order valence-electron chi connectivity index (χ4n) is 4.57. The Morgan fingerprint density at radius 1 is 0.875 bits per heavy atom. The highest BCUT2D eigenvalue weighted by atomic mass is 15.3. The second-order valence-electron chi connectivity index (χ2n) is 7.57. The van der Waals surface area contributed by atoms with Crippen molar-refractivity contribution < 1.29 is 0 Å². The van der Waals surface area contributed by atoms with Gasteiger partial charge in [-0.25, -0.2) is 0 Å². The van der Waals surface area contributed by atoms with Gasteiger partial charge in [0.05, 0.1) is 0 Å². The van der Waals surface area contributed by atoms with E-state index in [1.807, 2.05) is 0 Å². The summed E-state index contributed by atoms with van der Waals surface area (Å²) in [4.78, 5) is 2.79. The Morgan fingerprint density at radius 3 is 2.17 bits per heavy atom. The monoisotopic (exact) mass is 320 g/mol. The number of nitrogens with one attached hydrogen (secondary N) is 1. The smallest absolute Gasteiger partial charge is 0.0338 e. The molecule has 0 amide bonds. The number of hydrogen-bond acceptors (Lipinski definition) is 2. The molecule has 1 saturated heterocycles. The second-order valence-corrected chi connectivity index (χ2v) is 7.57. The van der Waals surface area contributed by atoms with Crippen molar-refractivity contribution in [3.8, 4) is 0 Å². The summed E-state index contributed by atoms with van der Waals surface area (Å²) < 4.78 is 0. The number of benzene rings is 2. The molecule has 2 heteroatoms. The average Bonchev–Trinajstić information content (AvgIpc) is 3.10. The van der Waals surface area contributed by atoms with Gasteiger partial charge in [-0.2, -0.15) is 0 Å². The van der Waals surface area contributed by atoms with E-state index in [4.69, 9.17) is 0 Å². The van der Waals surface area contributed by atoms with Crippen molar-refractivity contribution in [3.05, 3.63) is 71.8 Å². The molecule has 2 fully saturated rings. The Labute approximate surface area is 145 Å². The van der Waals surface area contributed by atoms with Crippen LogP contribution in [0.5, 0.6) is 0 Å². The highest BCUT2D eigenvalue weighted by molar-refractivity contribution is 5.18. The maximum Gasteiger partial charge on any atom is 0.0338 e. The molecule has 126 valence electrons. The molecule has 4 rings (SSSR count). The van der Waals surface area contributed by atoms with Gasteiger partial charge in [-0.05, 0) is 30.4 Å².